The van der Waals surface area contributed by atoms with E-state index in [1.165, 1.54) is 0 Å². The molecule has 0 spiro atoms. The van der Waals surface area contributed by atoms with E-state index < -0.39 is 0 Å². The highest BCUT2D eigenvalue weighted by atomic mass is 16.3. The Morgan fingerprint density at radius 2 is 2.08 bits per heavy atom. The molecule has 6 nitrogen and oxygen atoms in total. The number of fused-ring (bicyclic) bond motifs is 3. The maximum atomic E-state index is 12.2. The molecule has 0 unspecified atom stereocenters. The maximum absolute atomic E-state index is 12.2. The lowest BCUT2D eigenvalue weighted by Crippen LogP contribution is -2.23. The number of carbonyl (C=O) groups is 1. The smallest absolute Gasteiger partial charge is 0.220 e. The van der Waals surface area contributed by atoms with Crippen LogP contribution in [0.2, 0.25) is 0 Å². The molecule has 4 aromatic rings. The number of carbonyl (C=O) groups excluding carboxylic acids is 1. The van der Waals surface area contributed by atoms with Crippen molar-refractivity contribution in [2.75, 3.05) is 0 Å². The zero-order valence-electron chi connectivity index (χ0n) is 14.8. The van der Waals surface area contributed by atoms with Crippen LogP contribution in [0.25, 0.3) is 16.6 Å². The quantitative estimate of drug-likeness (QED) is 0.600. The Morgan fingerprint density at radius 1 is 1.23 bits per heavy atom. The molecule has 6 heteroatoms. The zero-order valence-corrected chi connectivity index (χ0v) is 14.8. The predicted octanol–water partition coefficient (Wildman–Crippen LogP) is 3.34. The first kappa shape index (κ1) is 16.3. The Bertz CT molecular complexity index is 1080. The number of aromatic nitrogens is 3. The standard InChI is InChI=1S/C20H20N4O2/c1-13-16(7-8-19(25)21-11-15-9-10-26-12-15)14(2)24-20(22-13)17-5-3-4-6-18(17)23-24/h3-6,9-10,12H,7-8,11H2,1-2H3,(H,21,25). The van der Waals surface area contributed by atoms with Gasteiger partial charge in [0.15, 0.2) is 5.65 Å². The molecule has 0 fully saturated rings. The second-order valence-electron chi connectivity index (χ2n) is 6.42. The number of furan rings is 1. The number of hydrogen-bond acceptors (Lipinski definition) is 4. The number of nitrogens with one attached hydrogen (secondary N) is 1. The third-order valence-corrected chi connectivity index (χ3v) is 4.69. The molecule has 0 bridgehead atoms. The van der Waals surface area contributed by atoms with Gasteiger partial charge in [0.2, 0.25) is 5.91 Å². The van der Waals surface area contributed by atoms with Crippen molar-refractivity contribution in [2.45, 2.75) is 33.2 Å². The van der Waals surface area contributed by atoms with Crippen molar-refractivity contribution >= 4 is 22.5 Å². The number of benzene rings is 1. The van der Waals surface area contributed by atoms with E-state index in [0.717, 1.165) is 39.1 Å². The Balaban J connectivity index is 1.54. The van der Waals surface area contributed by atoms with Crippen molar-refractivity contribution in [3.63, 3.8) is 0 Å². The third kappa shape index (κ3) is 2.94. The summed E-state index contributed by atoms with van der Waals surface area (Å²) < 4.78 is 6.89. The number of nitrogens with zero attached hydrogens (tertiary/aromatic N) is 3. The first-order valence-corrected chi connectivity index (χ1v) is 8.65. The summed E-state index contributed by atoms with van der Waals surface area (Å²) >= 11 is 0. The fourth-order valence-corrected chi connectivity index (χ4v) is 3.26. The third-order valence-electron chi connectivity index (χ3n) is 4.69. The minimum atomic E-state index is 0.00993. The number of amides is 1. The summed E-state index contributed by atoms with van der Waals surface area (Å²) in [6.07, 6.45) is 4.28. The summed E-state index contributed by atoms with van der Waals surface area (Å²) in [7, 11) is 0. The normalized spacial score (nSPS) is 11.3. The molecule has 0 aliphatic heterocycles. The highest BCUT2D eigenvalue weighted by Crippen LogP contribution is 2.22. The van der Waals surface area contributed by atoms with Gasteiger partial charge in [0.1, 0.15) is 0 Å². The molecule has 0 saturated heterocycles. The predicted molar refractivity (Wildman–Crippen MR) is 98.8 cm³/mol. The molecule has 132 valence electrons. The monoisotopic (exact) mass is 348 g/mol. The van der Waals surface area contributed by atoms with Crippen LogP contribution >= 0.6 is 0 Å². The van der Waals surface area contributed by atoms with Gasteiger partial charge in [-0.15, -0.1) is 0 Å². The van der Waals surface area contributed by atoms with Crippen LogP contribution in [-0.2, 0) is 17.8 Å². The molecular weight excluding hydrogens is 328 g/mol. The molecule has 0 aliphatic carbocycles. The van der Waals surface area contributed by atoms with Crippen molar-refractivity contribution in [2.24, 2.45) is 0 Å². The van der Waals surface area contributed by atoms with Gasteiger partial charge < -0.3 is 9.73 Å². The summed E-state index contributed by atoms with van der Waals surface area (Å²) in [6.45, 7) is 4.51. The fraction of sp³-hybridized carbons (Fsp3) is 0.250. The van der Waals surface area contributed by atoms with Gasteiger partial charge in [-0.25, -0.2) is 9.50 Å². The van der Waals surface area contributed by atoms with Gasteiger partial charge in [0.05, 0.1) is 18.0 Å². The summed E-state index contributed by atoms with van der Waals surface area (Å²) in [5.74, 6) is 0.00993. The van der Waals surface area contributed by atoms with Crippen LogP contribution in [0.15, 0.2) is 47.3 Å². The van der Waals surface area contributed by atoms with E-state index in [1.807, 2.05) is 48.7 Å². The van der Waals surface area contributed by atoms with Crippen LogP contribution < -0.4 is 5.32 Å². The van der Waals surface area contributed by atoms with Gasteiger partial charge in [-0.1, -0.05) is 12.1 Å². The zero-order chi connectivity index (χ0) is 18.1. The first-order valence-electron chi connectivity index (χ1n) is 8.65. The lowest BCUT2D eigenvalue weighted by atomic mass is 10.1. The topological polar surface area (TPSA) is 72.4 Å². The summed E-state index contributed by atoms with van der Waals surface area (Å²) in [5.41, 5.74) is 5.80. The molecular formula is C20H20N4O2. The summed E-state index contributed by atoms with van der Waals surface area (Å²) in [6, 6.07) is 9.83. The van der Waals surface area contributed by atoms with Gasteiger partial charge in [-0.3, -0.25) is 4.79 Å². The van der Waals surface area contributed by atoms with Crippen LogP contribution in [0.5, 0.6) is 0 Å². The average Bonchev–Trinajstić information content (AvgIpc) is 3.28. The van der Waals surface area contributed by atoms with E-state index in [1.54, 1.807) is 12.5 Å². The molecule has 26 heavy (non-hydrogen) atoms. The molecule has 1 N–H and O–H groups in total. The Morgan fingerprint density at radius 3 is 2.88 bits per heavy atom. The molecule has 0 atom stereocenters. The first-order chi connectivity index (χ1) is 12.6. The SMILES string of the molecule is Cc1nc2c3ccccc3nn2c(C)c1CCC(=O)NCc1ccoc1. The Kier molecular flexibility index (Phi) is 4.16. The molecule has 3 heterocycles. The highest BCUT2D eigenvalue weighted by molar-refractivity contribution is 5.92. The second-order valence-corrected chi connectivity index (χ2v) is 6.42. The van der Waals surface area contributed by atoms with Gasteiger partial charge in [0.25, 0.3) is 0 Å². The van der Waals surface area contributed by atoms with Crippen LogP contribution in [0, 0.1) is 13.8 Å². The van der Waals surface area contributed by atoms with E-state index >= 15 is 0 Å². The van der Waals surface area contributed by atoms with Crippen molar-refractivity contribution < 1.29 is 9.21 Å². The van der Waals surface area contributed by atoms with Crippen LogP contribution in [-0.4, -0.2) is 20.5 Å². The van der Waals surface area contributed by atoms with E-state index in [4.69, 9.17) is 9.40 Å². The molecule has 1 amide bonds. The Hall–Kier alpha value is -3.15. The van der Waals surface area contributed by atoms with Crippen LogP contribution in [0.4, 0.5) is 0 Å². The largest absolute Gasteiger partial charge is 0.472 e. The van der Waals surface area contributed by atoms with E-state index in [0.29, 0.717) is 19.4 Å². The number of rotatable bonds is 5. The minimum Gasteiger partial charge on any atom is -0.472 e. The van der Waals surface area contributed by atoms with E-state index in [2.05, 4.69) is 10.4 Å². The van der Waals surface area contributed by atoms with Crippen molar-refractivity contribution in [1.29, 1.82) is 0 Å². The molecule has 0 saturated carbocycles. The van der Waals surface area contributed by atoms with Crippen molar-refractivity contribution in [3.8, 4) is 0 Å². The molecule has 3 aromatic heterocycles. The second kappa shape index (κ2) is 6.63. The molecule has 0 radical (unpaired) electrons. The Labute approximate surface area is 150 Å². The molecule has 0 aliphatic rings. The van der Waals surface area contributed by atoms with Gasteiger partial charge in [-0.2, -0.15) is 5.10 Å². The lowest BCUT2D eigenvalue weighted by molar-refractivity contribution is -0.121. The van der Waals surface area contributed by atoms with Crippen LogP contribution in [0.3, 0.4) is 0 Å². The lowest BCUT2D eigenvalue weighted by Gasteiger charge is -2.11. The van der Waals surface area contributed by atoms with Crippen molar-refractivity contribution in [3.05, 3.63) is 65.4 Å². The van der Waals surface area contributed by atoms with Crippen LogP contribution in [0.1, 0.15) is 28.9 Å². The van der Waals surface area contributed by atoms with E-state index in [-0.39, 0.29) is 5.91 Å². The fourth-order valence-electron chi connectivity index (χ4n) is 3.26. The van der Waals surface area contributed by atoms with Gasteiger partial charge in [0, 0.05) is 35.3 Å². The van der Waals surface area contributed by atoms with Gasteiger partial charge in [-0.05, 0) is 44.0 Å². The average molecular weight is 348 g/mol. The van der Waals surface area contributed by atoms with Crippen molar-refractivity contribution in [1.82, 2.24) is 19.9 Å². The number of hydrogen-bond donors (Lipinski definition) is 1. The van der Waals surface area contributed by atoms with E-state index in [9.17, 15) is 4.79 Å². The van der Waals surface area contributed by atoms with Gasteiger partial charge >= 0.3 is 0 Å². The molecule has 1 aromatic carbocycles. The summed E-state index contributed by atoms with van der Waals surface area (Å²) in [4.78, 5) is 16.9. The maximum Gasteiger partial charge on any atom is 0.220 e. The number of aryl methyl sites for hydroxylation is 2. The summed E-state index contributed by atoms with van der Waals surface area (Å²) in [5, 5.41) is 8.61. The molecule has 4 rings (SSSR count). The highest BCUT2D eigenvalue weighted by Gasteiger charge is 2.14. The minimum absolute atomic E-state index is 0.00993.